The van der Waals surface area contributed by atoms with Crippen LogP contribution in [0.1, 0.15) is 34.3 Å². The monoisotopic (exact) mass is 422 g/mol. The average molecular weight is 423 g/mol. The van der Waals surface area contributed by atoms with Crippen molar-refractivity contribution in [3.8, 4) is 0 Å². The van der Waals surface area contributed by atoms with Gasteiger partial charge in [0, 0.05) is 24.7 Å². The Morgan fingerprint density at radius 3 is 2.37 bits per heavy atom. The number of nitrogens with zero attached hydrogens (tertiary/aromatic N) is 1. The van der Waals surface area contributed by atoms with Crippen LogP contribution < -0.4 is 5.32 Å². The molecule has 0 radical (unpaired) electrons. The Balaban J connectivity index is 1.43. The first-order chi connectivity index (χ1) is 14.4. The molecule has 6 heteroatoms. The molecule has 1 aliphatic heterocycles. The van der Waals surface area contributed by atoms with Crippen molar-refractivity contribution in [3.63, 3.8) is 0 Å². The van der Waals surface area contributed by atoms with E-state index in [1.165, 1.54) is 4.31 Å². The van der Waals surface area contributed by atoms with E-state index in [4.69, 9.17) is 0 Å². The van der Waals surface area contributed by atoms with Crippen molar-refractivity contribution in [2.45, 2.75) is 37.6 Å². The first kappa shape index (κ1) is 20.6. The number of aryl methyl sites for hydroxylation is 2. The Kier molecular flexibility index (Phi) is 5.62. The van der Waals surface area contributed by atoms with Crippen molar-refractivity contribution in [1.82, 2.24) is 9.62 Å². The predicted octanol–water partition coefficient (Wildman–Crippen LogP) is 4.04. The Morgan fingerprint density at radius 2 is 1.63 bits per heavy atom. The van der Waals surface area contributed by atoms with Gasteiger partial charge in [-0.15, -0.1) is 0 Å². The number of amides is 1. The molecule has 3 aromatic carbocycles. The molecule has 4 rings (SSSR count). The summed E-state index contributed by atoms with van der Waals surface area (Å²) in [4.78, 5) is 13.2. The van der Waals surface area contributed by atoms with Gasteiger partial charge in [-0.1, -0.05) is 42.5 Å². The first-order valence-electron chi connectivity index (χ1n) is 10.2. The molecule has 30 heavy (non-hydrogen) atoms. The molecule has 1 aliphatic rings. The van der Waals surface area contributed by atoms with Crippen LogP contribution in [0.25, 0.3) is 10.8 Å². The summed E-state index contributed by atoms with van der Waals surface area (Å²) < 4.78 is 27.5. The minimum atomic E-state index is -3.51. The molecule has 1 heterocycles. The zero-order valence-corrected chi connectivity index (χ0v) is 18.1. The lowest BCUT2D eigenvalue weighted by molar-refractivity contribution is 0.0925. The van der Waals surface area contributed by atoms with Crippen LogP contribution in [0.2, 0.25) is 0 Å². The van der Waals surface area contributed by atoms with E-state index in [-0.39, 0.29) is 11.9 Å². The van der Waals surface area contributed by atoms with Crippen LogP contribution in [0.15, 0.2) is 65.6 Å². The summed E-state index contributed by atoms with van der Waals surface area (Å²) >= 11 is 0. The highest BCUT2D eigenvalue weighted by Gasteiger charge is 2.30. The number of carbonyl (C=O) groups is 1. The lowest BCUT2D eigenvalue weighted by atomic mass is 10.0. The second-order valence-electron chi connectivity index (χ2n) is 7.92. The zero-order chi connectivity index (χ0) is 21.3. The molecule has 0 aliphatic carbocycles. The number of sulfonamides is 1. The number of hydrogen-bond donors (Lipinski definition) is 1. The van der Waals surface area contributed by atoms with E-state index in [1.54, 1.807) is 12.1 Å². The minimum absolute atomic E-state index is 0.0392. The standard InChI is InChI=1S/C24H26N2O3S/c1-17-10-11-21(16-18(17)2)30(28,29)26-14-12-20(13-15-26)25-24(27)23-9-5-7-19-6-3-4-8-22(19)23/h3-11,16,20H,12-15H2,1-2H3,(H,25,27). The van der Waals surface area contributed by atoms with Crippen LogP contribution in [0.3, 0.4) is 0 Å². The van der Waals surface area contributed by atoms with Crippen LogP contribution in [0.5, 0.6) is 0 Å². The second-order valence-corrected chi connectivity index (χ2v) is 9.86. The summed E-state index contributed by atoms with van der Waals surface area (Å²) in [6.07, 6.45) is 1.20. The van der Waals surface area contributed by atoms with Gasteiger partial charge in [0.15, 0.2) is 0 Å². The fourth-order valence-electron chi connectivity index (χ4n) is 3.95. The molecule has 0 spiro atoms. The van der Waals surface area contributed by atoms with Gasteiger partial charge in [-0.25, -0.2) is 8.42 Å². The fourth-order valence-corrected chi connectivity index (χ4v) is 5.51. The summed E-state index contributed by atoms with van der Waals surface area (Å²) in [6, 6.07) is 18.7. The van der Waals surface area contributed by atoms with Crippen LogP contribution >= 0.6 is 0 Å². The molecule has 0 bridgehead atoms. The van der Waals surface area contributed by atoms with Gasteiger partial charge in [0.05, 0.1) is 4.90 Å². The number of nitrogens with one attached hydrogen (secondary N) is 1. The Bertz CT molecular complexity index is 1190. The summed E-state index contributed by atoms with van der Waals surface area (Å²) in [5, 5.41) is 5.05. The van der Waals surface area contributed by atoms with E-state index in [1.807, 2.05) is 62.4 Å². The Morgan fingerprint density at radius 1 is 0.933 bits per heavy atom. The Hall–Kier alpha value is -2.70. The van der Waals surface area contributed by atoms with E-state index in [2.05, 4.69) is 5.32 Å². The molecular formula is C24H26N2O3S. The van der Waals surface area contributed by atoms with Crippen LogP contribution in [-0.2, 0) is 10.0 Å². The van der Waals surface area contributed by atoms with Crippen molar-refractivity contribution in [3.05, 3.63) is 77.4 Å². The van der Waals surface area contributed by atoms with E-state index < -0.39 is 10.0 Å². The van der Waals surface area contributed by atoms with Crippen molar-refractivity contribution < 1.29 is 13.2 Å². The summed E-state index contributed by atoms with van der Waals surface area (Å²) in [5.41, 5.74) is 2.69. The molecule has 1 N–H and O–H groups in total. The smallest absolute Gasteiger partial charge is 0.252 e. The normalized spacial score (nSPS) is 15.9. The number of fused-ring (bicyclic) bond motifs is 1. The molecular weight excluding hydrogens is 396 g/mol. The number of benzene rings is 3. The highest BCUT2D eigenvalue weighted by molar-refractivity contribution is 7.89. The maximum atomic E-state index is 13.0. The van der Waals surface area contributed by atoms with Gasteiger partial charge in [0.25, 0.3) is 5.91 Å². The van der Waals surface area contributed by atoms with Crippen molar-refractivity contribution in [2.24, 2.45) is 0 Å². The molecule has 3 aromatic rings. The predicted molar refractivity (Wildman–Crippen MR) is 119 cm³/mol. The van der Waals surface area contributed by atoms with Crippen LogP contribution in [-0.4, -0.2) is 37.8 Å². The minimum Gasteiger partial charge on any atom is -0.349 e. The Labute approximate surface area is 177 Å². The van der Waals surface area contributed by atoms with Crippen LogP contribution in [0, 0.1) is 13.8 Å². The van der Waals surface area contributed by atoms with Crippen molar-refractivity contribution in [2.75, 3.05) is 13.1 Å². The summed E-state index contributed by atoms with van der Waals surface area (Å²) in [6.45, 7) is 4.69. The van der Waals surface area contributed by atoms with Crippen molar-refractivity contribution in [1.29, 1.82) is 0 Å². The molecule has 0 saturated carbocycles. The van der Waals surface area contributed by atoms with Gasteiger partial charge in [-0.05, 0) is 66.8 Å². The second kappa shape index (κ2) is 8.20. The average Bonchev–Trinajstić information content (AvgIpc) is 2.75. The maximum absolute atomic E-state index is 13.0. The number of piperidine rings is 1. The number of rotatable bonds is 4. The number of carbonyl (C=O) groups excluding carboxylic acids is 1. The number of hydrogen-bond acceptors (Lipinski definition) is 3. The van der Waals surface area contributed by atoms with Crippen molar-refractivity contribution >= 4 is 26.7 Å². The van der Waals surface area contributed by atoms with E-state index >= 15 is 0 Å². The molecule has 5 nitrogen and oxygen atoms in total. The lowest BCUT2D eigenvalue weighted by Crippen LogP contribution is -2.46. The zero-order valence-electron chi connectivity index (χ0n) is 17.3. The van der Waals surface area contributed by atoms with E-state index in [0.717, 1.165) is 21.9 Å². The van der Waals surface area contributed by atoms with Crippen LogP contribution in [0.4, 0.5) is 0 Å². The molecule has 0 atom stereocenters. The molecule has 0 unspecified atom stereocenters. The lowest BCUT2D eigenvalue weighted by Gasteiger charge is -2.31. The SMILES string of the molecule is Cc1ccc(S(=O)(=O)N2CCC(NC(=O)c3cccc4ccccc34)CC2)cc1C. The molecule has 1 amide bonds. The molecule has 0 aromatic heterocycles. The summed E-state index contributed by atoms with van der Waals surface area (Å²) in [7, 11) is -3.51. The van der Waals surface area contributed by atoms with Gasteiger partial charge >= 0.3 is 0 Å². The summed E-state index contributed by atoms with van der Waals surface area (Å²) in [5.74, 6) is -0.109. The third-order valence-corrected chi connectivity index (χ3v) is 7.83. The highest BCUT2D eigenvalue weighted by Crippen LogP contribution is 2.24. The first-order valence-corrected chi connectivity index (χ1v) is 11.7. The van der Waals surface area contributed by atoms with Gasteiger partial charge < -0.3 is 5.32 Å². The molecule has 1 saturated heterocycles. The van der Waals surface area contributed by atoms with Gasteiger partial charge in [0.2, 0.25) is 10.0 Å². The van der Waals surface area contributed by atoms with E-state index in [9.17, 15) is 13.2 Å². The quantitative estimate of drug-likeness (QED) is 0.690. The fraction of sp³-hybridized carbons (Fsp3) is 0.292. The van der Waals surface area contributed by atoms with Gasteiger partial charge in [-0.3, -0.25) is 4.79 Å². The molecule has 1 fully saturated rings. The van der Waals surface area contributed by atoms with E-state index in [0.29, 0.717) is 36.4 Å². The third kappa shape index (κ3) is 3.98. The third-order valence-electron chi connectivity index (χ3n) is 5.94. The topological polar surface area (TPSA) is 66.5 Å². The van der Waals surface area contributed by atoms with Gasteiger partial charge in [-0.2, -0.15) is 4.31 Å². The largest absolute Gasteiger partial charge is 0.349 e. The molecule has 156 valence electrons. The highest BCUT2D eigenvalue weighted by atomic mass is 32.2. The maximum Gasteiger partial charge on any atom is 0.252 e. The van der Waals surface area contributed by atoms with Gasteiger partial charge in [0.1, 0.15) is 0 Å².